The van der Waals surface area contributed by atoms with E-state index in [0.717, 1.165) is 25.0 Å². The zero-order valence-electron chi connectivity index (χ0n) is 9.55. The molecule has 2 atom stereocenters. The Bertz CT molecular complexity index is 487. The summed E-state index contributed by atoms with van der Waals surface area (Å²) in [4.78, 5) is 11.9. The molecule has 0 heterocycles. The summed E-state index contributed by atoms with van der Waals surface area (Å²) in [5.41, 5.74) is -0.340. The number of amides is 1. The van der Waals surface area contributed by atoms with Crippen LogP contribution in [0.3, 0.4) is 0 Å². The molecular weight excluding hydrogens is 304 g/mol. The van der Waals surface area contributed by atoms with Crippen molar-refractivity contribution < 1.29 is 13.6 Å². The Morgan fingerprint density at radius 1 is 1.22 bits per heavy atom. The standard InChI is InChI=1S/C13H12BrF2NO/c14-6-4-9(15)12(10(16)5-6)17-13(18)11-7-2-1-3-8(7)11/h4-5,7-8,11H,1-3H2,(H,17,18). The van der Waals surface area contributed by atoms with Gasteiger partial charge in [0.2, 0.25) is 5.91 Å². The summed E-state index contributed by atoms with van der Waals surface area (Å²) in [5, 5.41) is 2.39. The van der Waals surface area contributed by atoms with Crippen molar-refractivity contribution in [1.82, 2.24) is 0 Å². The summed E-state index contributed by atoms with van der Waals surface area (Å²) in [6.45, 7) is 0. The van der Waals surface area contributed by atoms with E-state index in [0.29, 0.717) is 16.3 Å². The quantitative estimate of drug-likeness (QED) is 0.885. The van der Waals surface area contributed by atoms with Gasteiger partial charge in [-0.1, -0.05) is 22.4 Å². The molecular formula is C13H12BrF2NO. The van der Waals surface area contributed by atoms with Crippen LogP contribution in [0.4, 0.5) is 14.5 Å². The molecule has 18 heavy (non-hydrogen) atoms. The smallest absolute Gasteiger partial charge is 0.228 e. The molecule has 0 spiro atoms. The van der Waals surface area contributed by atoms with E-state index in [9.17, 15) is 13.6 Å². The molecule has 2 fully saturated rings. The van der Waals surface area contributed by atoms with Gasteiger partial charge in [0, 0.05) is 10.4 Å². The van der Waals surface area contributed by atoms with Crippen LogP contribution in [0.2, 0.25) is 0 Å². The minimum atomic E-state index is -0.749. The normalized spacial score (nSPS) is 28.9. The first-order valence-corrected chi connectivity index (χ1v) is 6.82. The highest BCUT2D eigenvalue weighted by atomic mass is 79.9. The Morgan fingerprint density at radius 3 is 2.33 bits per heavy atom. The van der Waals surface area contributed by atoms with Crippen molar-refractivity contribution >= 4 is 27.5 Å². The molecule has 1 N–H and O–H groups in total. The van der Waals surface area contributed by atoms with Crippen LogP contribution in [-0.2, 0) is 4.79 Å². The SMILES string of the molecule is O=C(Nc1c(F)cc(Br)cc1F)C1C2CCCC21. The van der Waals surface area contributed by atoms with Gasteiger partial charge in [-0.25, -0.2) is 8.78 Å². The number of carbonyl (C=O) groups excluding carboxylic acids is 1. The Kier molecular flexibility index (Phi) is 2.88. The van der Waals surface area contributed by atoms with Crippen LogP contribution in [0.25, 0.3) is 0 Å². The lowest BCUT2D eigenvalue weighted by molar-refractivity contribution is -0.118. The first-order chi connectivity index (χ1) is 8.58. The van der Waals surface area contributed by atoms with Gasteiger partial charge >= 0.3 is 0 Å². The van der Waals surface area contributed by atoms with Crippen molar-refractivity contribution in [3.63, 3.8) is 0 Å². The minimum absolute atomic E-state index is 0.0406. The maximum absolute atomic E-state index is 13.6. The molecule has 5 heteroatoms. The first kappa shape index (κ1) is 12.1. The van der Waals surface area contributed by atoms with Crippen LogP contribution in [-0.4, -0.2) is 5.91 Å². The van der Waals surface area contributed by atoms with E-state index in [1.807, 2.05) is 0 Å². The predicted octanol–water partition coefficient (Wildman–Crippen LogP) is 3.71. The molecule has 0 radical (unpaired) electrons. The topological polar surface area (TPSA) is 29.1 Å². The van der Waals surface area contributed by atoms with Gasteiger partial charge in [0.25, 0.3) is 0 Å². The van der Waals surface area contributed by atoms with Crippen molar-refractivity contribution in [3.05, 3.63) is 28.2 Å². The molecule has 2 aliphatic carbocycles. The molecule has 1 amide bonds. The van der Waals surface area contributed by atoms with E-state index < -0.39 is 11.6 Å². The van der Waals surface area contributed by atoms with E-state index >= 15 is 0 Å². The van der Waals surface area contributed by atoms with Crippen molar-refractivity contribution in [2.24, 2.45) is 17.8 Å². The van der Waals surface area contributed by atoms with Crippen LogP contribution in [0, 0.1) is 29.4 Å². The summed E-state index contributed by atoms with van der Waals surface area (Å²) < 4.78 is 27.4. The monoisotopic (exact) mass is 315 g/mol. The molecule has 2 saturated carbocycles. The third kappa shape index (κ3) is 1.94. The van der Waals surface area contributed by atoms with Crippen LogP contribution in [0.5, 0.6) is 0 Å². The van der Waals surface area contributed by atoms with Crippen LogP contribution in [0.15, 0.2) is 16.6 Å². The number of anilines is 1. The maximum Gasteiger partial charge on any atom is 0.228 e. The molecule has 2 aliphatic rings. The second kappa shape index (κ2) is 4.30. The molecule has 96 valence electrons. The van der Waals surface area contributed by atoms with Crippen LogP contribution < -0.4 is 5.32 Å². The van der Waals surface area contributed by atoms with E-state index in [1.165, 1.54) is 6.42 Å². The third-order valence-corrected chi connectivity index (χ3v) is 4.42. The average molecular weight is 316 g/mol. The van der Waals surface area contributed by atoms with Gasteiger partial charge in [0.05, 0.1) is 0 Å². The zero-order valence-corrected chi connectivity index (χ0v) is 11.1. The Labute approximate surface area is 112 Å². The van der Waals surface area contributed by atoms with Crippen LogP contribution in [0.1, 0.15) is 19.3 Å². The fraction of sp³-hybridized carbons (Fsp3) is 0.462. The van der Waals surface area contributed by atoms with Crippen LogP contribution >= 0.6 is 15.9 Å². The number of nitrogens with one attached hydrogen (secondary N) is 1. The second-order valence-corrected chi connectivity index (χ2v) is 5.93. The fourth-order valence-corrected chi connectivity index (χ4v) is 3.48. The summed E-state index contributed by atoms with van der Waals surface area (Å²) in [6.07, 6.45) is 3.29. The molecule has 2 nitrogen and oxygen atoms in total. The number of hydrogen-bond donors (Lipinski definition) is 1. The van der Waals surface area contributed by atoms with Gasteiger partial charge in [-0.2, -0.15) is 0 Å². The van der Waals surface area contributed by atoms with Gasteiger partial charge in [-0.3, -0.25) is 4.79 Å². The highest BCUT2D eigenvalue weighted by molar-refractivity contribution is 9.10. The maximum atomic E-state index is 13.6. The Balaban J connectivity index is 1.75. The summed E-state index contributed by atoms with van der Waals surface area (Å²) in [6, 6.07) is 2.29. The van der Waals surface area contributed by atoms with E-state index in [4.69, 9.17) is 0 Å². The summed E-state index contributed by atoms with van der Waals surface area (Å²) in [5.74, 6) is -0.911. The molecule has 1 aromatic carbocycles. The lowest BCUT2D eigenvalue weighted by Crippen LogP contribution is -2.18. The molecule has 0 bridgehead atoms. The number of hydrogen-bond acceptors (Lipinski definition) is 1. The molecule has 2 unspecified atom stereocenters. The number of carbonyl (C=O) groups is 1. The summed E-state index contributed by atoms with van der Waals surface area (Å²) in [7, 11) is 0. The van der Waals surface area contributed by atoms with E-state index in [1.54, 1.807) is 0 Å². The zero-order chi connectivity index (χ0) is 12.9. The molecule has 0 saturated heterocycles. The van der Waals surface area contributed by atoms with Crippen molar-refractivity contribution in [2.75, 3.05) is 5.32 Å². The van der Waals surface area contributed by atoms with Crippen molar-refractivity contribution in [3.8, 4) is 0 Å². The highest BCUT2D eigenvalue weighted by Crippen LogP contribution is 2.57. The van der Waals surface area contributed by atoms with Gasteiger partial charge in [0.1, 0.15) is 5.69 Å². The lowest BCUT2D eigenvalue weighted by atomic mass is 10.1. The molecule has 0 aromatic heterocycles. The van der Waals surface area contributed by atoms with Crippen molar-refractivity contribution in [1.29, 1.82) is 0 Å². The predicted molar refractivity (Wildman–Crippen MR) is 67.0 cm³/mol. The first-order valence-electron chi connectivity index (χ1n) is 6.03. The molecule has 0 aliphatic heterocycles. The average Bonchev–Trinajstić information content (AvgIpc) is 2.77. The lowest BCUT2D eigenvalue weighted by Gasteiger charge is -2.09. The number of rotatable bonds is 2. The highest BCUT2D eigenvalue weighted by Gasteiger charge is 2.56. The second-order valence-electron chi connectivity index (χ2n) is 5.02. The Hall–Kier alpha value is -0.970. The molecule has 3 rings (SSSR count). The van der Waals surface area contributed by atoms with E-state index in [2.05, 4.69) is 21.2 Å². The van der Waals surface area contributed by atoms with Crippen molar-refractivity contribution in [2.45, 2.75) is 19.3 Å². The largest absolute Gasteiger partial charge is 0.321 e. The van der Waals surface area contributed by atoms with Gasteiger partial charge in [0.15, 0.2) is 11.6 Å². The van der Waals surface area contributed by atoms with E-state index in [-0.39, 0.29) is 17.5 Å². The van der Waals surface area contributed by atoms with Gasteiger partial charge in [-0.15, -0.1) is 0 Å². The molecule has 1 aromatic rings. The minimum Gasteiger partial charge on any atom is -0.321 e. The fourth-order valence-electron chi connectivity index (χ4n) is 3.08. The number of halogens is 3. The number of benzene rings is 1. The van der Waals surface area contributed by atoms with Gasteiger partial charge < -0.3 is 5.32 Å². The Morgan fingerprint density at radius 2 is 1.78 bits per heavy atom. The number of fused-ring (bicyclic) bond motifs is 1. The third-order valence-electron chi connectivity index (χ3n) is 3.96. The summed E-state index contributed by atoms with van der Waals surface area (Å²) >= 11 is 3.00. The van der Waals surface area contributed by atoms with Gasteiger partial charge in [-0.05, 0) is 36.8 Å².